The Hall–Kier alpha value is -1.87. The number of hydrogen-bond acceptors (Lipinski definition) is 2. The maximum atomic E-state index is 14.2. The van der Waals surface area contributed by atoms with E-state index in [0.717, 1.165) is 23.1 Å². The second-order valence-corrected chi connectivity index (χ2v) is 5.04. The number of halogens is 1. The van der Waals surface area contributed by atoms with E-state index in [4.69, 9.17) is 4.74 Å². The van der Waals surface area contributed by atoms with Gasteiger partial charge >= 0.3 is 0 Å². The SMILES string of the molecule is CC.CCc1ccc(-c2cc(OC)ccc2F)c(C(O)CC)c1. The van der Waals surface area contributed by atoms with Gasteiger partial charge in [-0.2, -0.15) is 0 Å². The number of rotatable bonds is 5. The molecule has 1 N–H and O–H groups in total. The van der Waals surface area contributed by atoms with Gasteiger partial charge in [0.2, 0.25) is 0 Å². The smallest absolute Gasteiger partial charge is 0.131 e. The van der Waals surface area contributed by atoms with Crippen LogP contribution in [0, 0.1) is 5.82 Å². The standard InChI is InChI=1S/C18H21FO2.C2H6/c1-4-12-6-8-14(16(10-12)18(20)5-2)15-11-13(21-3)7-9-17(15)19;1-2/h6-11,18,20H,4-5H2,1-3H3;1-2H3. The quantitative estimate of drug-likeness (QED) is 0.785. The largest absolute Gasteiger partial charge is 0.497 e. The molecule has 0 spiro atoms. The van der Waals surface area contributed by atoms with Crippen LogP contribution >= 0.6 is 0 Å². The molecule has 0 aromatic heterocycles. The highest BCUT2D eigenvalue weighted by molar-refractivity contribution is 5.70. The average Bonchev–Trinajstić information content (AvgIpc) is 2.62. The van der Waals surface area contributed by atoms with E-state index in [1.807, 2.05) is 39.0 Å². The summed E-state index contributed by atoms with van der Waals surface area (Å²) < 4.78 is 19.4. The third kappa shape index (κ3) is 4.55. The van der Waals surface area contributed by atoms with Gasteiger partial charge in [-0.1, -0.05) is 45.9 Å². The fraction of sp³-hybridized carbons (Fsp3) is 0.400. The van der Waals surface area contributed by atoms with Gasteiger partial charge in [0.1, 0.15) is 11.6 Å². The molecule has 1 unspecified atom stereocenters. The Bertz CT molecular complexity index is 623. The number of aryl methyl sites for hydroxylation is 1. The van der Waals surface area contributed by atoms with Gasteiger partial charge in [-0.15, -0.1) is 0 Å². The van der Waals surface area contributed by atoms with Crippen molar-refractivity contribution in [1.29, 1.82) is 0 Å². The van der Waals surface area contributed by atoms with Crippen molar-refractivity contribution < 1.29 is 14.2 Å². The molecule has 2 nitrogen and oxygen atoms in total. The van der Waals surface area contributed by atoms with E-state index in [0.29, 0.717) is 17.7 Å². The summed E-state index contributed by atoms with van der Waals surface area (Å²) in [4.78, 5) is 0. The molecule has 126 valence electrons. The zero-order chi connectivity index (χ0) is 17.4. The molecule has 0 heterocycles. The van der Waals surface area contributed by atoms with E-state index < -0.39 is 6.10 Å². The lowest BCUT2D eigenvalue weighted by Crippen LogP contribution is -2.01. The van der Waals surface area contributed by atoms with Crippen molar-refractivity contribution in [2.24, 2.45) is 0 Å². The minimum absolute atomic E-state index is 0.315. The molecular formula is C20H27FO2. The molecule has 0 saturated heterocycles. The number of aliphatic hydroxyl groups is 1. The Kier molecular flexibility index (Phi) is 7.76. The molecule has 0 aliphatic rings. The fourth-order valence-corrected chi connectivity index (χ4v) is 2.41. The second-order valence-electron chi connectivity index (χ2n) is 5.04. The Labute approximate surface area is 138 Å². The normalized spacial score (nSPS) is 11.4. The predicted octanol–water partition coefficient (Wildman–Crippen LogP) is 5.53. The molecule has 0 fully saturated rings. The van der Waals surface area contributed by atoms with Crippen molar-refractivity contribution in [3.8, 4) is 16.9 Å². The maximum Gasteiger partial charge on any atom is 0.131 e. The van der Waals surface area contributed by atoms with Crippen LogP contribution in [-0.2, 0) is 6.42 Å². The van der Waals surface area contributed by atoms with Gasteiger partial charge in [0.05, 0.1) is 13.2 Å². The van der Waals surface area contributed by atoms with Crippen LogP contribution < -0.4 is 4.74 Å². The monoisotopic (exact) mass is 318 g/mol. The number of benzene rings is 2. The zero-order valence-corrected chi connectivity index (χ0v) is 14.7. The Morgan fingerprint density at radius 3 is 2.30 bits per heavy atom. The van der Waals surface area contributed by atoms with Crippen LogP contribution in [0.5, 0.6) is 5.75 Å². The maximum absolute atomic E-state index is 14.2. The van der Waals surface area contributed by atoms with Gasteiger partial charge in [-0.3, -0.25) is 0 Å². The van der Waals surface area contributed by atoms with E-state index in [9.17, 15) is 9.50 Å². The van der Waals surface area contributed by atoms with Crippen LogP contribution in [0.1, 0.15) is 51.3 Å². The van der Waals surface area contributed by atoms with Gasteiger partial charge in [-0.25, -0.2) is 4.39 Å². The van der Waals surface area contributed by atoms with Crippen molar-refractivity contribution in [2.75, 3.05) is 7.11 Å². The summed E-state index contributed by atoms with van der Waals surface area (Å²) >= 11 is 0. The first-order chi connectivity index (χ1) is 11.1. The molecule has 2 rings (SSSR count). The molecule has 2 aromatic rings. The first-order valence-electron chi connectivity index (χ1n) is 8.25. The fourth-order valence-electron chi connectivity index (χ4n) is 2.41. The van der Waals surface area contributed by atoms with E-state index >= 15 is 0 Å². The summed E-state index contributed by atoms with van der Waals surface area (Å²) in [6, 6.07) is 10.5. The van der Waals surface area contributed by atoms with E-state index in [1.54, 1.807) is 19.2 Å². The lowest BCUT2D eigenvalue weighted by atomic mass is 9.92. The van der Waals surface area contributed by atoms with Crippen LogP contribution in [-0.4, -0.2) is 12.2 Å². The predicted molar refractivity (Wildman–Crippen MR) is 94.4 cm³/mol. The van der Waals surface area contributed by atoms with Crippen molar-refractivity contribution in [3.63, 3.8) is 0 Å². The summed E-state index contributed by atoms with van der Waals surface area (Å²) in [6.07, 6.45) is 0.868. The number of ether oxygens (including phenoxy) is 1. The summed E-state index contributed by atoms with van der Waals surface area (Å²) in [7, 11) is 1.55. The molecule has 0 bridgehead atoms. The van der Waals surface area contributed by atoms with Crippen LogP contribution in [0.2, 0.25) is 0 Å². The third-order valence-corrected chi connectivity index (χ3v) is 3.73. The van der Waals surface area contributed by atoms with E-state index in [1.165, 1.54) is 6.07 Å². The summed E-state index contributed by atoms with van der Waals surface area (Å²) in [5.74, 6) is 0.285. The Morgan fingerprint density at radius 2 is 1.74 bits per heavy atom. The summed E-state index contributed by atoms with van der Waals surface area (Å²) in [5.41, 5.74) is 3.08. The van der Waals surface area contributed by atoms with Crippen molar-refractivity contribution >= 4 is 0 Å². The lowest BCUT2D eigenvalue weighted by molar-refractivity contribution is 0.174. The Balaban J connectivity index is 0.00000127. The molecule has 1 atom stereocenters. The zero-order valence-electron chi connectivity index (χ0n) is 14.7. The third-order valence-electron chi connectivity index (χ3n) is 3.73. The first kappa shape index (κ1) is 19.2. The molecule has 0 aliphatic carbocycles. The molecule has 2 aromatic carbocycles. The van der Waals surface area contributed by atoms with Gasteiger partial charge < -0.3 is 9.84 Å². The summed E-state index contributed by atoms with van der Waals surface area (Å²) in [6.45, 7) is 7.97. The van der Waals surface area contributed by atoms with E-state index in [-0.39, 0.29) is 5.82 Å². The molecule has 0 aliphatic heterocycles. The van der Waals surface area contributed by atoms with Crippen LogP contribution in [0.15, 0.2) is 36.4 Å². The van der Waals surface area contributed by atoms with Crippen LogP contribution in [0.25, 0.3) is 11.1 Å². The average molecular weight is 318 g/mol. The topological polar surface area (TPSA) is 29.5 Å². The highest BCUT2D eigenvalue weighted by atomic mass is 19.1. The number of aliphatic hydroxyl groups excluding tert-OH is 1. The number of hydrogen-bond donors (Lipinski definition) is 1. The van der Waals surface area contributed by atoms with Gasteiger partial charge in [0.25, 0.3) is 0 Å². The van der Waals surface area contributed by atoms with Crippen molar-refractivity contribution in [2.45, 2.75) is 46.6 Å². The van der Waals surface area contributed by atoms with Crippen LogP contribution in [0.4, 0.5) is 4.39 Å². The van der Waals surface area contributed by atoms with Crippen molar-refractivity contribution in [1.82, 2.24) is 0 Å². The number of methoxy groups -OCH3 is 1. The minimum Gasteiger partial charge on any atom is -0.497 e. The highest BCUT2D eigenvalue weighted by Gasteiger charge is 2.16. The van der Waals surface area contributed by atoms with Crippen molar-refractivity contribution in [3.05, 3.63) is 53.3 Å². The minimum atomic E-state index is -0.600. The molecule has 23 heavy (non-hydrogen) atoms. The molecule has 0 amide bonds. The lowest BCUT2D eigenvalue weighted by Gasteiger charge is -2.17. The molecule has 0 radical (unpaired) electrons. The van der Waals surface area contributed by atoms with E-state index in [2.05, 4.69) is 6.92 Å². The highest BCUT2D eigenvalue weighted by Crippen LogP contribution is 2.34. The first-order valence-corrected chi connectivity index (χ1v) is 8.25. The second kappa shape index (κ2) is 9.31. The van der Waals surface area contributed by atoms with Gasteiger partial charge in [0, 0.05) is 5.56 Å². The molecule has 0 saturated carbocycles. The van der Waals surface area contributed by atoms with Crippen LogP contribution in [0.3, 0.4) is 0 Å². The Morgan fingerprint density at radius 1 is 1.04 bits per heavy atom. The van der Waals surface area contributed by atoms with Gasteiger partial charge in [-0.05, 0) is 47.7 Å². The summed E-state index contributed by atoms with van der Waals surface area (Å²) in [5, 5.41) is 10.3. The van der Waals surface area contributed by atoms with Gasteiger partial charge in [0.15, 0.2) is 0 Å². The molecule has 3 heteroatoms. The molecular weight excluding hydrogens is 291 g/mol.